The Balaban J connectivity index is 1.57. The van der Waals surface area contributed by atoms with E-state index in [1.807, 2.05) is 30.3 Å². The number of ether oxygens (including phenoxy) is 3. The van der Waals surface area contributed by atoms with Crippen LogP contribution in [0.4, 0.5) is 0 Å². The van der Waals surface area contributed by atoms with E-state index in [1.54, 1.807) is 24.3 Å². The second-order valence-corrected chi connectivity index (χ2v) is 6.48. The fourth-order valence-corrected chi connectivity index (χ4v) is 2.66. The van der Waals surface area contributed by atoms with E-state index in [1.165, 1.54) is 26.4 Å². The van der Waals surface area contributed by atoms with Crippen LogP contribution in [0.25, 0.3) is 0 Å². The van der Waals surface area contributed by atoms with Crippen LogP contribution in [-0.4, -0.2) is 25.1 Å². The van der Waals surface area contributed by atoms with Crippen molar-refractivity contribution in [1.29, 1.82) is 0 Å². The smallest absolute Gasteiger partial charge is 0.339 e. The number of carbonyl (C=O) groups excluding carboxylic acids is 2. The van der Waals surface area contributed by atoms with Gasteiger partial charge in [0.15, 0.2) is 17.6 Å². The summed E-state index contributed by atoms with van der Waals surface area (Å²) in [4.78, 5) is 24.6. The summed E-state index contributed by atoms with van der Waals surface area (Å²) in [5.41, 5.74) is 1.27. The fourth-order valence-electron chi connectivity index (χ4n) is 2.66. The van der Waals surface area contributed by atoms with E-state index in [-0.39, 0.29) is 12.1 Å². The highest BCUT2D eigenvalue weighted by molar-refractivity contribution is 5.92. The Morgan fingerprint density at radius 2 is 1.83 bits per heavy atom. The molecule has 0 spiro atoms. The van der Waals surface area contributed by atoms with Crippen molar-refractivity contribution < 1.29 is 28.2 Å². The molecule has 0 saturated carbocycles. The van der Waals surface area contributed by atoms with Crippen LogP contribution >= 0.6 is 0 Å². The lowest BCUT2D eigenvalue weighted by atomic mass is 10.2. The van der Waals surface area contributed by atoms with Crippen molar-refractivity contribution in [3.63, 3.8) is 0 Å². The summed E-state index contributed by atoms with van der Waals surface area (Å²) in [6, 6.07) is 17.9. The van der Waals surface area contributed by atoms with Crippen molar-refractivity contribution in [3.05, 3.63) is 83.8 Å². The van der Waals surface area contributed by atoms with Crippen LogP contribution in [0.1, 0.15) is 28.6 Å². The van der Waals surface area contributed by atoms with Crippen LogP contribution in [0.5, 0.6) is 11.5 Å². The first-order valence-electron chi connectivity index (χ1n) is 9.42. The molecule has 7 heteroatoms. The number of hydrogen-bond acceptors (Lipinski definition) is 6. The Labute approximate surface area is 174 Å². The molecule has 0 aliphatic heterocycles. The molecule has 1 aromatic heterocycles. The van der Waals surface area contributed by atoms with Crippen molar-refractivity contribution in [2.45, 2.75) is 26.2 Å². The second kappa shape index (κ2) is 10.2. The minimum atomic E-state index is -0.965. The molecule has 1 N–H and O–H groups in total. The summed E-state index contributed by atoms with van der Waals surface area (Å²) >= 11 is 0. The lowest BCUT2D eigenvalue weighted by Gasteiger charge is -2.15. The maximum atomic E-state index is 12.4. The van der Waals surface area contributed by atoms with Gasteiger partial charge in [0.1, 0.15) is 12.4 Å². The second-order valence-electron chi connectivity index (χ2n) is 6.48. The minimum absolute atomic E-state index is 0.217. The third kappa shape index (κ3) is 5.64. The zero-order valence-electron chi connectivity index (χ0n) is 16.8. The summed E-state index contributed by atoms with van der Waals surface area (Å²) in [5.74, 6) is 0.452. The van der Waals surface area contributed by atoms with Crippen molar-refractivity contribution >= 4 is 11.9 Å². The average molecular weight is 409 g/mol. The molecule has 0 saturated heterocycles. The van der Waals surface area contributed by atoms with Crippen molar-refractivity contribution in [2.24, 2.45) is 0 Å². The number of rotatable bonds is 9. The summed E-state index contributed by atoms with van der Waals surface area (Å²) in [6.45, 7) is 2.09. The Bertz CT molecular complexity index is 969. The van der Waals surface area contributed by atoms with Crippen LogP contribution in [0.3, 0.4) is 0 Å². The molecule has 3 aromatic rings. The molecule has 0 aliphatic carbocycles. The van der Waals surface area contributed by atoms with Crippen LogP contribution in [0.15, 0.2) is 71.3 Å². The van der Waals surface area contributed by atoms with Crippen molar-refractivity contribution in [2.75, 3.05) is 7.11 Å². The van der Waals surface area contributed by atoms with E-state index in [2.05, 4.69) is 5.32 Å². The highest BCUT2D eigenvalue weighted by Crippen LogP contribution is 2.29. The van der Waals surface area contributed by atoms with E-state index in [0.717, 1.165) is 5.56 Å². The maximum Gasteiger partial charge on any atom is 0.339 e. The Morgan fingerprint density at radius 3 is 2.53 bits per heavy atom. The van der Waals surface area contributed by atoms with Gasteiger partial charge in [0.05, 0.1) is 25.5 Å². The summed E-state index contributed by atoms with van der Waals surface area (Å²) in [7, 11) is 1.49. The van der Waals surface area contributed by atoms with Gasteiger partial charge in [-0.15, -0.1) is 0 Å². The molecular formula is C23H23NO6. The van der Waals surface area contributed by atoms with E-state index in [4.69, 9.17) is 18.6 Å². The number of nitrogens with one attached hydrogen (secondary N) is 1. The summed E-state index contributed by atoms with van der Waals surface area (Å²) in [6.07, 6.45) is 0.554. The number of benzene rings is 2. The topological polar surface area (TPSA) is 87.0 Å². The third-order valence-electron chi connectivity index (χ3n) is 4.31. The van der Waals surface area contributed by atoms with Gasteiger partial charge in [-0.3, -0.25) is 4.79 Å². The van der Waals surface area contributed by atoms with Gasteiger partial charge in [-0.2, -0.15) is 0 Å². The number of esters is 1. The molecule has 1 heterocycles. The number of carbonyl (C=O) groups is 2. The fraction of sp³-hybridized carbons (Fsp3) is 0.217. The Morgan fingerprint density at radius 1 is 1.03 bits per heavy atom. The predicted molar refractivity (Wildman–Crippen MR) is 109 cm³/mol. The Kier molecular flexibility index (Phi) is 7.10. The number of hydrogen-bond donors (Lipinski definition) is 1. The van der Waals surface area contributed by atoms with Gasteiger partial charge in [0.25, 0.3) is 5.91 Å². The maximum absolute atomic E-state index is 12.4. The van der Waals surface area contributed by atoms with Crippen LogP contribution in [0, 0.1) is 0 Å². The molecule has 3 rings (SSSR count). The summed E-state index contributed by atoms with van der Waals surface area (Å²) in [5, 5.41) is 2.65. The van der Waals surface area contributed by atoms with Crippen LogP contribution < -0.4 is 14.8 Å². The molecule has 0 aliphatic rings. The number of furan rings is 1. The minimum Gasteiger partial charge on any atom is -0.493 e. The SMILES string of the molecule is COc1cc(C(=O)O[C@H](C)C(=O)NCc2ccco2)ccc1OCc1ccccc1. The van der Waals surface area contributed by atoms with Gasteiger partial charge in [0, 0.05) is 0 Å². The first kappa shape index (κ1) is 21.0. The highest BCUT2D eigenvalue weighted by atomic mass is 16.5. The molecule has 0 unspecified atom stereocenters. The van der Waals surface area contributed by atoms with E-state index in [9.17, 15) is 9.59 Å². The predicted octanol–water partition coefficient (Wildman–Crippen LogP) is 3.73. The van der Waals surface area contributed by atoms with Crippen LogP contribution in [0.2, 0.25) is 0 Å². The molecule has 0 radical (unpaired) electrons. The zero-order chi connectivity index (χ0) is 21.3. The molecule has 1 amide bonds. The quantitative estimate of drug-likeness (QED) is 0.542. The van der Waals surface area contributed by atoms with Gasteiger partial charge < -0.3 is 23.9 Å². The van der Waals surface area contributed by atoms with Gasteiger partial charge >= 0.3 is 5.97 Å². The van der Waals surface area contributed by atoms with E-state index >= 15 is 0 Å². The highest BCUT2D eigenvalue weighted by Gasteiger charge is 2.20. The zero-order valence-corrected chi connectivity index (χ0v) is 16.8. The first-order valence-corrected chi connectivity index (χ1v) is 9.42. The number of amides is 1. The molecule has 156 valence electrons. The average Bonchev–Trinajstić information content (AvgIpc) is 3.30. The lowest BCUT2D eigenvalue weighted by Crippen LogP contribution is -2.35. The molecule has 0 bridgehead atoms. The van der Waals surface area contributed by atoms with Crippen molar-refractivity contribution in [3.8, 4) is 11.5 Å². The molecule has 30 heavy (non-hydrogen) atoms. The third-order valence-corrected chi connectivity index (χ3v) is 4.31. The van der Waals surface area contributed by atoms with E-state index < -0.39 is 18.0 Å². The monoisotopic (exact) mass is 409 g/mol. The Hall–Kier alpha value is -3.74. The lowest BCUT2D eigenvalue weighted by molar-refractivity contribution is -0.129. The summed E-state index contributed by atoms with van der Waals surface area (Å²) < 4.78 is 21.5. The number of methoxy groups -OCH3 is 1. The first-order chi connectivity index (χ1) is 14.6. The molecular weight excluding hydrogens is 386 g/mol. The van der Waals surface area contributed by atoms with Gasteiger partial charge in [0.2, 0.25) is 0 Å². The standard InChI is InChI=1S/C23H23NO6/c1-16(22(25)24-14-19-9-6-12-28-19)30-23(26)18-10-11-20(21(13-18)27-2)29-15-17-7-4-3-5-8-17/h3-13,16H,14-15H2,1-2H3,(H,24,25)/t16-/m1/s1. The van der Waals surface area contributed by atoms with Gasteiger partial charge in [-0.25, -0.2) is 4.79 Å². The molecule has 1 atom stereocenters. The van der Waals surface area contributed by atoms with Gasteiger partial charge in [-0.1, -0.05) is 30.3 Å². The van der Waals surface area contributed by atoms with Crippen molar-refractivity contribution in [1.82, 2.24) is 5.32 Å². The molecule has 7 nitrogen and oxygen atoms in total. The van der Waals surface area contributed by atoms with Gasteiger partial charge in [-0.05, 0) is 42.8 Å². The van der Waals surface area contributed by atoms with E-state index in [0.29, 0.717) is 23.9 Å². The molecule has 2 aromatic carbocycles. The largest absolute Gasteiger partial charge is 0.493 e. The molecule has 0 fully saturated rings. The van der Waals surface area contributed by atoms with Crippen LogP contribution in [-0.2, 0) is 22.7 Å². The normalized spacial score (nSPS) is 11.4.